The Kier molecular flexibility index (Phi) is 3.11. The van der Waals surface area contributed by atoms with Crippen LogP contribution in [-0.2, 0) is 4.79 Å². The molecule has 1 amide bonds. The van der Waals surface area contributed by atoms with Crippen molar-refractivity contribution in [2.24, 2.45) is 0 Å². The first-order valence-corrected chi connectivity index (χ1v) is 6.84. The smallest absolute Gasteiger partial charge is 0.270 e. The lowest BCUT2D eigenvalue weighted by molar-refractivity contribution is -0.384. The molecule has 0 fully saturated rings. The molecule has 7 heteroatoms. The number of rotatable bonds is 3. The second-order valence-electron chi connectivity index (χ2n) is 4.34. The maximum atomic E-state index is 12.1. The van der Waals surface area contributed by atoms with Crippen molar-refractivity contribution < 1.29 is 14.5 Å². The van der Waals surface area contributed by atoms with Gasteiger partial charge in [0.05, 0.1) is 15.4 Å². The number of hydrogen-bond acceptors (Lipinski definition) is 5. The zero-order valence-corrected chi connectivity index (χ0v) is 11.3. The van der Waals surface area contributed by atoms with Gasteiger partial charge in [0.25, 0.3) is 11.6 Å². The molecule has 1 aromatic carbocycles. The molecule has 2 heterocycles. The van der Waals surface area contributed by atoms with E-state index < -0.39 is 10.8 Å². The molecule has 6 nitrogen and oxygen atoms in total. The number of allylic oxidation sites excluding steroid dienone is 1. The van der Waals surface area contributed by atoms with Crippen LogP contribution in [0.1, 0.15) is 15.2 Å². The van der Waals surface area contributed by atoms with Crippen LogP contribution in [0.5, 0.6) is 0 Å². The van der Waals surface area contributed by atoms with Crippen molar-refractivity contribution in [2.75, 3.05) is 5.32 Å². The molecule has 3 rings (SSSR count). The van der Waals surface area contributed by atoms with Gasteiger partial charge in [0, 0.05) is 29.5 Å². The average Bonchev–Trinajstić information content (AvgIpc) is 3.07. The van der Waals surface area contributed by atoms with Crippen molar-refractivity contribution in [2.45, 2.75) is 0 Å². The lowest BCUT2D eigenvalue weighted by atomic mass is 10.0. The number of nitro groups is 1. The highest BCUT2D eigenvalue weighted by Gasteiger charge is 2.27. The lowest BCUT2D eigenvalue weighted by Gasteiger charge is -1.98. The predicted octanol–water partition coefficient (Wildman–Crippen LogP) is 2.87. The van der Waals surface area contributed by atoms with Crippen molar-refractivity contribution in [1.82, 2.24) is 0 Å². The first-order valence-electron chi connectivity index (χ1n) is 5.96. The number of anilines is 1. The van der Waals surface area contributed by atoms with Gasteiger partial charge in [-0.15, -0.1) is 11.3 Å². The Bertz CT molecular complexity index is 793. The van der Waals surface area contributed by atoms with Crippen LogP contribution in [0.15, 0.2) is 41.8 Å². The third kappa shape index (κ3) is 2.34. The van der Waals surface area contributed by atoms with Crippen LogP contribution in [-0.4, -0.2) is 16.6 Å². The van der Waals surface area contributed by atoms with Gasteiger partial charge in [0.15, 0.2) is 5.78 Å². The largest absolute Gasteiger partial charge is 0.321 e. The summed E-state index contributed by atoms with van der Waals surface area (Å²) in [5.74, 6) is -0.732. The van der Waals surface area contributed by atoms with Crippen LogP contribution in [0.4, 0.5) is 11.4 Å². The van der Waals surface area contributed by atoms with Gasteiger partial charge in [-0.3, -0.25) is 19.7 Å². The number of carbonyl (C=O) groups excluding carboxylic acids is 2. The molecule has 1 aromatic heterocycles. The molecule has 0 aliphatic carbocycles. The number of carbonyl (C=O) groups is 2. The number of nitrogens with zero attached hydrogens (tertiary/aromatic N) is 1. The highest BCUT2D eigenvalue weighted by Crippen LogP contribution is 2.34. The summed E-state index contributed by atoms with van der Waals surface area (Å²) in [4.78, 5) is 34.8. The quantitative estimate of drug-likeness (QED) is 0.408. The van der Waals surface area contributed by atoms with E-state index >= 15 is 0 Å². The van der Waals surface area contributed by atoms with Crippen molar-refractivity contribution >= 4 is 40.0 Å². The summed E-state index contributed by atoms with van der Waals surface area (Å²) in [5, 5.41) is 15.2. The minimum absolute atomic E-state index is 0.125. The van der Waals surface area contributed by atoms with Gasteiger partial charge in [-0.2, -0.15) is 0 Å². The van der Waals surface area contributed by atoms with Gasteiger partial charge in [-0.1, -0.05) is 6.07 Å². The zero-order valence-electron chi connectivity index (χ0n) is 10.5. The number of thiophene rings is 1. The fraction of sp³-hybridized carbons (Fsp3) is 0. The molecule has 1 aliphatic heterocycles. The summed E-state index contributed by atoms with van der Waals surface area (Å²) < 4.78 is 0. The van der Waals surface area contributed by atoms with E-state index in [0.717, 1.165) is 0 Å². The molecule has 0 spiro atoms. The standard InChI is InChI=1S/C14H8N2O4S/c17-12(13-2-1-5-21-13)7-10-9-6-8(16(19)20)3-4-11(9)15-14(10)18/h1-7H,(H,15,18). The second-order valence-corrected chi connectivity index (χ2v) is 5.29. The minimum Gasteiger partial charge on any atom is -0.321 e. The number of nitro benzene ring substituents is 1. The van der Waals surface area contributed by atoms with Crippen molar-refractivity contribution in [3.63, 3.8) is 0 Å². The summed E-state index contributed by atoms with van der Waals surface area (Å²) in [5.41, 5.74) is 0.863. The third-order valence-corrected chi connectivity index (χ3v) is 3.92. The number of benzene rings is 1. The minimum atomic E-state index is -0.540. The fourth-order valence-corrected chi connectivity index (χ4v) is 2.69. The molecule has 0 saturated heterocycles. The molecule has 1 aliphatic rings. The molecular formula is C14H8N2O4S. The normalized spacial score (nSPS) is 14.9. The molecular weight excluding hydrogens is 292 g/mol. The Morgan fingerprint density at radius 2 is 2.14 bits per heavy atom. The first kappa shape index (κ1) is 13.2. The van der Waals surface area contributed by atoms with Gasteiger partial charge < -0.3 is 5.32 Å². The number of ketones is 1. The summed E-state index contributed by atoms with van der Waals surface area (Å²) in [6, 6.07) is 7.46. The van der Waals surface area contributed by atoms with E-state index in [1.807, 2.05) is 0 Å². The maximum absolute atomic E-state index is 12.1. The van der Waals surface area contributed by atoms with Crippen LogP contribution in [0.2, 0.25) is 0 Å². The summed E-state index contributed by atoms with van der Waals surface area (Å²) in [6.07, 6.45) is 1.22. The highest BCUT2D eigenvalue weighted by atomic mass is 32.1. The number of nitrogens with one attached hydrogen (secondary N) is 1. The molecule has 0 radical (unpaired) electrons. The molecule has 21 heavy (non-hydrogen) atoms. The van der Waals surface area contributed by atoms with Gasteiger partial charge >= 0.3 is 0 Å². The number of fused-ring (bicyclic) bond motifs is 1. The molecule has 2 aromatic rings. The molecule has 1 N–H and O–H groups in total. The van der Waals surface area contributed by atoms with E-state index in [1.54, 1.807) is 17.5 Å². The Hall–Kier alpha value is -2.80. The Labute approximate surface area is 122 Å². The van der Waals surface area contributed by atoms with E-state index in [-0.39, 0.29) is 17.0 Å². The maximum Gasteiger partial charge on any atom is 0.270 e. The van der Waals surface area contributed by atoms with Crippen LogP contribution in [0.3, 0.4) is 0 Å². The van der Waals surface area contributed by atoms with E-state index in [0.29, 0.717) is 16.1 Å². The van der Waals surface area contributed by atoms with Crippen LogP contribution < -0.4 is 5.32 Å². The fourth-order valence-electron chi connectivity index (χ4n) is 2.05. The van der Waals surface area contributed by atoms with Crippen LogP contribution in [0, 0.1) is 10.1 Å². The van der Waals surface area contributed by atoms with Gasteiger partial charge in [-0.25, -0.2) is 0 Å². The third-order valence-electron chi connectivity index (χ3n) is 3.04. The second kappa shape index (κ2) is 4.95. The van der Waals surface area contributed by atoms with E-state index in [2.05, 4.69) is 5.32 Å². The van der Waals surface area contributed by atoms with Gasteiger partial charge in [0.2, 0.25) is 0 Å². The van der Waals surface area contributed by atoms with Gasteiger partial charge in [-0.05, 0) is 17.5 Å². The van der Waals surface area contributed by atoms with Crippen molar-refractivity contribution in [3.8, 4) is 0 Å². The van der Waals surface area contributed by atoms with E-state index in [1.165, 1.54) is 35.6 Å². The SMILES string of the molecule is O=C1Nc2ccc([N+](=O)[O-])cc2C1=CC(=O)c1cccs1. The molecule has 104 valence electrons. The summed E-state index contributed by atoms with van der Waals surface area (Å²) in [7, 11) is 0. The lowest BCUT2D eigenvalue weighted by Crippen LogP contribution is -2.05. The summed E-state index contributed by atoms with van der Waals surface area (Å²) >= 11 is 1.27. The van der Waals surface area contributed by atoms with Crippen LogP contribution in [0.25, 0.3) is 5.57 Å². The first-order chi connectivity index (χ1) is 10.1. The number of amides is 1. The number of non-ortho nitro benzene ring substituents is 1. The highest BCUT2D eigenvalue weighted by molar-refractivity contribution is 7.12. The van der Waals surface area contributed by atoms with Crippen LogP contribution >= 0.6 is 11.3 Å². The Morgan fingerprint density at radius 3 is 2.81 bits per heavy atom. The monoisotopic (exact) mass is 300 g/mol. The average molecular weight is 300 g/mol. The molecule has 0 bridgehead atoms. The predicted molar refractivity (Wildman–Crippen MR) is 78.4 cm³/mol. The summed E-state index contributed by atoms with van der Waals surface area (Å²) in [6.45, 7) is 0. The van der Waals surface area contributed by atoms with E-state index in [9.17, 15) is 19.7 Å². The zero-order chi connectivity index (χ0) is 15.0. The van der Waals surface area contributed by atoms with E-state index in [4.69, 9.17) is 0 Å². The molecule has 0 unspecified atom stereocenters. The Morgan fingerprint density at radius 1 is 1.33 bits per heavy atom. The molecule has 0 saturated carbocycles. The topological polar surface area (TPSA) is 89.3 Å². The number of hydrogen-bond donors (Lipinski definition) is 1. The van der Waals surface area contributed by atoms with Gasteiger partial charge in [0.1, 0.15) is 0 Å². The van der Waals surface area contributed by atoms with Crippen molar-refractivity contribution in [3.05, 3.63) is 62.3 Å². The molecule has 0 atom stereocenters. The van der Waals surface area contributed by atoms with Crippen molar-refractivity contribution in [1.29, 1.82) is 0 Å². The Balaban J connectivity index is 2.05.